The predicted molar refractivity (Wildman–Crippen MR) is 17.0 cm³/mol. The third kappa shape index (κ3) is 64.7. The summed E-state index contributed by atoms with van der Waals surface area (Å²) in [4.78, 5) is 25.6. The fraction of sp³-hybridized carbons (Fsp3) is 0. The molecule has 0 aromatic carbocycles. The van der Waals surface area contributed by atoms with Crippen molar-refractivity contribution in [3.63, 3.8) is 0 Å². The Morgan fingerprint density at radius 1 is 1.12 bits per heavy atom. The number of rotatable bonds is 0. The van der Waals surface area contributed by atoms with Crippen molar-refractivity contribution in [2.75, 3.05) is 0 Å². The molecule has 0 heterocycles. The zero-order valence-corrected chi connectivity index (χ0v) is 10.5. The minimum absolute atomic E-state index is 0. The molecule has 0 saturated carbocycles. The van der Waals surface area contributed by atoms with Crippen LogP contribution >= 0.6 is 7.82 Å². The quantitative estimate of drug-likeness (QED) is 0.280. The third-order valence-corrected chi connectivity index (χ3v) is 0. The summed E-state index contributed by atoms with van der Waals surface area (Å²) in [6, 6.07) is 0. The van der Waals surface area contributed by atoms with Crippen LogP contribution in [0.2, 0.25) is 0 Å². The van der Waals surface area contributed by atoms with Gasteiger partial charge in [0, 0.05) is 0 Å². The van der Waals surface area contributed by atoms with Gasteiger partial charge in [0.2, 0.25) is 0 Å². The number of phosphoric acid groups is 1. The molecule has 0 amide bonds. The number of hydrogen-bond acceptors (Lipinski definition) is 4. The molecule has 0 atom stereocenters. The molecule has 2 N–H and O–H groups in total. The average Bonchev–Trinajstić information content (AvgIpc) is 0.722. The van der Waals surface area contributed by atoms with Gasteiger partial charge in [0.25, 0.3) is 0 Å². The van der Waals surface area contributed by atoms with Gasteiger partial charge in [0.05, 0.1) is 0 Å². The van der Waals surface area contributed by atoms with Crippen LogP contribution in [0.3, 0.4) is 0 Å². The number of hydrogen-bond donors (Lipinski definition) is 0. The molecule has 0 aromatic rings. The van der Waals surface area contributed by atoms with Crippen molar-refractivity contribution in [1.29, 1.82) is 0 Å². The van der Waals surface area contributed by atoms with Gasteiger partial charge in [-0.05, 0) is 0 Å². The normalized spacial score (nSPS) is 7.38. The van der Waals surface area contributed by atoms with Gasteiger partial charge in [-0.2, -0.15) is 7.82 Å². The van der Waals surface area contributed by atoms with E-state index in [1.165, 1.54) is 0 Å². The summed E-state index contributed by atoms with van der Waals surface area (Å²) in [5.41, 5.74) is 0. The van der Waals surface area contributed by atoms with Crippen LogP contribution in [-0.2, 0) is 4.57 Å². The van der Waals surface area contributed by atoms with Crippen LogP contribution in [0.5, 0.6) is 0 Å². The van der Waals surface area contributed by atoms with Gasteiger partial charge in [-0.3, -0.25) is 0 Å². The van der Waals surface area contributed by atoms with Crippen LogP contribution in [0, 0.1) is 0 Å². The fourth-order valence-electron chi connectivity index (χ4n) is 0. The van der Waals surface area contributed by atoms with Crippen molar-refractivity contribution in [3.05, 3.63) is 0 Å². The molecule has 0 aliphatic heterocycles. The van der Waals surface area contributed by atoms with Gasteiger partial charge in [0.15, 0.2) is 0 Å². The molecular weight excluding hydrogens is 190 g/mol. The molecule has 0 bridgehead atoms. The smallest absolute Gasteiger partial charge is 0.822 e. The van der Waals surface area contributed by atoms with Crippen molar-refractivity contribution >= 4 is 45.6 Å². The van der Waals surface area contributed by atoms with Gasteiger partial charge in [-0.1, -0.05) is 0 Å². The first-order chi connectivity index (χ1) is 2.00. The summed E-state index contributed by atoms with van der Waals surface area (Å²) in [7, 11) is -5.39. The van der Waals surface area contributed by atoms with E-state index in [-0.39, 0.29) is 94.6 Å². The van der Waals surface area contributed by atoms with Crippen LogP contribution in [-0.4, -0.2) is 43.2 Å². The van der Waals surface area contributed by atoms with E-state index in [0.717, 1.165) is 0 Å². The van der Waals surface area contributed by atoms with E-state index in [0.29, 0.717) is 0 Å². The van der Waals surface area contributed by atoms with Crippen molar-refractivity contribution < 1.29 is 76.1 Å². The fourth-order valence-corrected chi connectivity index (χ4v) is 0. The summed E-state index contributed by atoms with van der Waals surface area (Å²) in [6.07, 6.45) is 0. The van der Waals surface area contributed by atoms with E-state index >= 15 is 0 Å². The Hall–Kier alpha value is 2.97. The van der Waals surface area contributed by atoms with E-state index in [9.17, 15) is 0 Å². The molecule has 5 nitrogen and oxygen atoms in total. The van der Waals surface area contributed by atoms with Crippen LogP contribution in [0.1, 0.15) is 0 Å². The molecule has 0 radical (unpaired) electrons. The zero-order valence-electron chi connectivity index (χ0n) is 4.29. The second-order valence-electron chi connectivity index (χ2n) is 0.447. The van der Waals surface area contributed by atoms with Gasteiger partial charge >= 0.3 is 89.1 Å². The summed E-state index contributed by atoms with van der Waals surface area (Å²) >= 11 is 0. The average molecular weight is 192 g/mol. The van der Waals surface area contributed by atoms with Crippen LogP contribution in [0.4, 0.5) is 0 Å². The van der Waals surface area contributed by atoms with Crippen molar-refractivity contribution in [1.82, 2.24) is 0 Å². The van der Waals surface area contributed by atoms with Gasteiger partial charge < -0.3 is 24.7 Å². The second-order valence-corrected chi connectivity index (χ2v) is 1.34. The Bertz CT molecular complexity index is 58.6. The summed E-state index contributed by atoms with van der Waals surface area (Å²) in [5, 5.41) is 0. The molecule has 0 aromatic heterocycles. The van der Waals surface area contributed by atoms with Crippen LogP contribution in [0.15, 0.2) is 0 Å². The van der Waals surface area contributed by atoms with Crippen molar-refractivity contribution in [2.24, 2.45) is 0 Å². The molecular formula is H2CaKO5P. The Labute approximate surface area is 119 Å². The molecule has 0 fully saturated rings. The maximum atomic E-state index is 8.55. The maximum absolute atomic E-state index is 8.55. The molecule has 0 saturated heterocycles. The topological polar surface area (TPSA) is 118 Å². The predicted octanol–water partition coefficient (Wildman–Crippen LogP) is -7.03. The monoisotopic (exact) mass is 192 g/mol. The minimum atomic E-state index is -5.39. The van der Waals surface area contributed by atoms with Crippen molar-refractivity contribution in [2.45, 2.75) is 0 Å². The molecule has 8 heavy (non-hydrogen) atoms. The maximum Gasteiger partial charge on any atom is 2.00 e. The second kappa shape index (κ2) is 9.97. The largest absolute Gasteiger partial charge is 2.00 e. The standard InChI is InChI=1S/Ca.K.H3O4P.H2O/c;;1-5(2,3)4;/h;;(H3,1,2,3,4);1H2/q+2;+1;;/p-3. The zero-order chi connectivity index (χ0) is 4.50. The molecule has 8 heteroatoms. The Balaban J connectivity index is -0.0000000267. The Morgan fingerprint density at radius 2 is 1.12 bits per heavy atom. The summed E-state index contributed by atoms with van der Waals surface area (Å²) < 4.78 is 8.55. The molecule has 40 valence electrons. The molecule has 0 aliphatic rings. The van der Waals surface area contributed by atoms with Crippen molar-refractivity contribution in [3.8, 4) is 0 Å². The first-order valence-corrected chi connectivity index (χ1v) is 2.19. The van der Waals surface area contributed by atoms with E-state index in [4.69, 9.17) is 19.2 Å². The first kappa shape index (κ1) is 22.4. The van der Waals surface area contributed by atoms with Gasteiger partial charge in [-0.25, -0.2) is 0 Å². The molecule has 0 aliphatic carbocycles. The van der Waals surface area contributed by atoms with Gasteiger partial charge in [0.1, 0.15) is 0 Å². The SMILES string of the molecule is O.O=P([O-])([O-])[O-].[Ca+2].[K+]. The minimum Gasteiger partial charge on any atom is -0.822 e. The van der Waals surface area contributed by atoms with E-state index < -0.39 is 7.82 Å². The van der Waals surface area contributed by atoms with Crippen LogP contribution < -0.4 is 66.1 Å². The van der Waals surface area contributed by atoms with Crippen LogP contribution in [0.25, 0.3) is 0 Å². The van der Waals surface area contributed by atoms with Gasteiger partial charge in [-0.15, -0.1) is 0 Å². The first-order valence-electron chi connectivity index (χ1n) is 0.730. The summed E-state index contributed by atoms with van der Waals surface area (Å²) in [5.74, 6) is 0. The molecule has 0 unspecified atom stereocenters. The third-order valence-electron chi connectivity index (χ3n) is 0. The van der Waals surface area contributed by atoms with E-state index in [2.05, 4.69) is 0 Å². The summed E-state index contributed by atoms with van der Waals surface area (Å²) in [6.45, 7) is 0. The van der Waals surface area contributed by atoms with E-state index in [1.54, 1.807) is 0 Å². The Morgan fingerprint density at radius 3 is 1.12 bits per heavy atom. The Kier molecular flexibility index (Phi) is 28.0. The molecule has 0 rings (SSSR count). The van der Waals surface area contributed by atoms with E-state index in [1.807, 2.05) is 0 Å². The molecule has 0 spiro atoms.